The van der Waals surface area contributed by atoms with Crippen LogP contribution in [0.4, 0.5) is 5.69 Å². The second-order valence-electron chi connectivity index (χ2n) is 7.41. The van der Waals surface area contributed by atoms with Crippen LogP contribution in [-0.2, 0) is 11.3 Å². The van der Waals surface area contributed by atoms with Crippen molar-refractivity contribution in [2.75, 3.05) is 19.4 Å². The molecule has 2 aromatic carbocycles. The molecule has 5 heteroatoms. The molecule has 0 spiro atoms. The minimum Gasteiger partial charge on any atom is -0.355 e. The fourth-order valence-corrected chi connectivity index (χ4v) is 3.12. The minimum absolute atomic E-state index is 0.00948. The summed E-state index contributed by atoms with van der Waals surface area (Å²) in [6.45, 7) is 6.97. The Labute approximate surface area is 168 Å². The molecule has 0 aliphatic rings. The molecule has 3 atom stereocenters. The first-order valence-corrected chi connectivity index (χ1v) is 9.90. The molecule has 0 heterocycles. The molecule has 1 unspecified atom stereocenters. The van der Waals surface area contributed by atoms with E-state index in [9.17, 15) is 9.59 Å². The SMILES string of the molecule is CC[C@@H](C)c1ccccc1NC(=O)[C@@H](C)[NH+](C)Cc1ccc(C(=O)NC)cc1. The summed E-state index contributed by atoms with van der Waals surface area (Å²) >= 11 is 0. The van der Waals surface area contributed by atoms with Crippen LogP contribution in [0, 0.1) is 0 Å². The van der Waals surface area contributed by atoms with E-state index in [1.807, 2.05) is 56.4 Å². The molecule has 0 fully saturated rings. The summed E-state index contributed by atoms with van der Waals surface area (Å²) in [7, 11) is 3.63. The van der Waals surface area contributed by atoms with Crippen molar-refractivity contribution in [2.24, 2.45) is 0 Å². The zero-order valence-electron chi connectivity index (χ0n) is 17.5. The van der Waals surface area contributed by atoms with Gasteiger partial charge in [0.1, 0.15) is 6.54 Å². The molecule has 0 bridgehead atoms. The molecule has 0 aliphatic heterocycles. The third kappa shape index (κ3) is 5.42. The number of rotatable bonds is 8. The summed E-state index contributed by atoms with van der Waals surface area (Å²) in [6, 6.07) is 15.3. The topological polar surface area (TPSA) is 62.6 Å². The third-order valence-electron chi connectivity index (χ3n) is 5.42. The van der Waals surface area contributed by atoms with Crippen molar-refractivity contribution in [2.45, 2.75) is 45.7 Å². The smallest absolute Gasteiger partial charge is 0.282 e. The Balaban J connectivity index is 2.02. The normalized spacial score (nSPS) is 14.0. The van der Waals surface area contributed by atoms with E-state index in [1.54, 1.807) is 7.05 Å². The van der Waals surface area contributed by atoms with Crippen LogP contribution in [0.3, 0.4) is 0 Å². The van der Waals surface area contributed by atoms with Gasteiger partial charge in [0.25, 0.3) is 11.8 Å². The van der Waals surface area contributed by atoms with Crippen molar-refractivity contribution in [3.8, 4) is 0 Å². The van der Waals surface area contributed by atoms with Crippen molar-refractivity contribution in [3.63, 3.8) is 0 Å². The van der Waals surface area contributed by atoms with E-state index in [0.717, 1.165) is 22.6 Å². The molecule has 0 saturated heterocycles. The van der Waals surface area contributed by atoms with Crippen LogP contribution in [0.1, 0.15) is 54.6 Å². The standard InChI is InChI=1S/C23H31N3O2/c1-6-16(2)20-9-7-8-10-21(20)25-22(27)17(3)26(5)15-18-11-13-19(14-12-18)23(28)24-4/h7-14,16-17H,6,15H2,1-5H3,(H,24,28)(H,25,27)/p+1/t16-,17-/m1/s1. The fraction of sp³-hybridized carbons (Fsp3) is 0.391. The first-order valence-electron chi connectivity index (χ1n) is 9.90. The summed E-state index contributed by atoms with van der Waals surface area (Å²) in [5.74, 6) is 0.311. The molecule has 0 aliphatic carbocycles. The highest BCUT2D eigenvalue weighted by Gasteiger charge is 2.23. The first-order chi connectivity index (χ1) is 13.4. The van der Waals surface area contributed by atoms with Crippen LogP contribution in [0.15, 0.2) is 48.5 Å². The lowest BCUT2D eigenvalue weighted by molar-refractivity contribution is -0.907. The lowest BCUT2D eigenvalue weighted by atomic mass is 9.97. The lowest BCUT2D eigenvalue weighted by Crippen LogP contribution is -3.12. The number of nitrogens with one attached hydrogen (secondary N) is 3. The van der Waals surface area contributed by atoms with Gasteiger partial charge < -0.3 is 15.5 Å². The molecule has 28 heavy (non-hydrogen) atoms. The summed E-state index contributed by atoms with van der Waals surface area (Å²) in [5, 5.41) is 5.73. The van der Waals surface area contributed by atoms with E-state index in [1.165, 1.54) is 5.56 Å². The number of hydrogen-bond donors (Lipinski definition) is 3. The predicted octanol–water partition coefficient (Wildman–Crippen LogP) is 2.60. The number of hydrogen-bond acceptors (Lipinski definition) is 2. The van der Waals surface area contributed by atoms with Crippen LogP contribution in [-0.4, -0.2) is 32.0 Å². The maximum absolute atomic E-state index is 12.8. The van der Waals surface area contributed by atoms with Gasteiger partial charge in [-0.3, -0.25) is 9.59 Å². The van der Waals surface area contributed by atoms with Gasteiger partial charge >= 0.3 is 0 Å². The molecule has 0 aromatic heterocycles. The van der Waals surface area contributed by atoms with E-state index in [-0.39, 0.29) is 17.9 Å². The number of amides is 2. The largest absolute Gasteiger partial charge is 0.355 e. The Morgan fingerprint density at radius 3 is 2.29 bits per heavy atom. The number of carbonyl (C=O) groups is 2. The highest BCUT2D eigenvalue weighted by Crippen LogP contribution is 2.26. The Bertz CT molecular complexity index is 802. The summed E-state index contributed by atoms with van der Waals surface area (Å²) in [5.41, 5.74) is 3.80. The number of para-hydroxylation sites is 1. The van der Waals surface area contributed by atoms with Crippen LogP contribution in [0.2, 0.25) is 0 Å². The van der Waals surface area contributed by atoms with Crippen LogP contribution in [0.25, 0.3) is 0 Å². The number of anilines is 1. The zero-order valence-corrected chi connectivity index (χ0v) is 17.5. The minimum atomic E-state index is -0.205. The molecule has 5 nitrogen and oxygen atoms in total. The van der Waals surface area contributed by atoms with E-state index >= 15 is 0 Å². The highest BCUT2D eigenvalue weighted by molar-refractivity contribution is 5.94. The molecule has 0 radical (unpaired) electrons. The van der Waals surface area contributed by atoms with Gasteiger partial charge in [0.05, 0.1) is 7.05 Å². The summed E-state index contributed by atoms with van der Waals surface area (Å²) in [6.07, 6.45) is 1.03. The van der Waals surface area contributed by atoms with Gasteiger partial charge in [0.2, 0.25) is 0 Å². The van der Waals surface area contributed by atoms with Gasteiger partial charge in [0.15, 0.2) is 6.04 Å². The molecular weight excluding hydrogens is 350 g/mol. The maximum Gasteiger partial charge on any atom is 0.282 e. The van der Waals surface area contributed by atoms with E-state index in [0.29, 0.717) is 18.0 Å². The number of quaternary nitrogens is 1. The average Bonchev–Trinajstić information content (AvgIpc) is 2.72. The van der Waals surface area contributed by atoms with Crippen LogP contribution in [0.5, 0.6) is 0 Å². The van der Waals surface area contributed by atoms with E-state index < -0.39 is 0 Å². The van der Waals surface area contributed by atoms with Gasteiger partial charge in [0, 0.05) is 23.9 Å². The molecule has 2 rings (SSSR count). The molecule has 2 aromatic rings. The third-order valence-corrected chi connectivity index (χ3v) is 5.42. The Hall–Kier alpha value is -2.66. The predicted molar refractivity (Wildman–Crippen MR) is 114 cm³/mol. The van der Waals surface area contributed by atoms with E-state index in [4.69, 9.17) is 0 Å². The second kappa shape index (κ2) is 10.0. The van der Waals surface area contributed by atoms with Crippen molar-refractivity contribution >= 4 is 17.5 Å². The van der Waals surface area contributed by atoms with Gasteiger partial charge in [-0.05, 0) is 43.0 Å². The average molecular weight is 383 g/mol. The van der Waals surface area contributed by atoms with Crippen LogP contribution >= 0.6 is 0 Å². The molecule has 150 valence electrons. The summed E-state index contributed by atoms with van der Waals surface area (Å²) in [4.78, 5) is 25.5. The fourth-order valence-electron chi connectivity index (χ4n) is 3.12. The maximum atomic E-state index is 12.8. The second-order valence-corrected chi connectivity index (χ2v) is 7.41. The first kappa shape index (κ1) is 21.6. The molecule has 3 N–H and O–H groups in total. The van der Waals surface area contributed by atoms with Gasteiger partial charge in [-0.15, -0.1) is 0 Å². The van der Waals surface area contributed by atoms with Crippen molar-refractivity contribution in [1.82, 2.24) is 5.32 Å². The molecular formula is C23H32N3O2+. The van der Waals surface area contributed by atoms with Crippen molar-refractivity contribution in [3.05, 3.63) is 65.2 Å². The van der Waals surface area contributed by atoms with Gasteiger partial charge in [-0.1, -0.05) is 44.2 Å². The zero-order chi connectivity index (χ0) is 20.7. The lowest BCUT2D eigenvalue weighted by Gasteiger charge is -2.22. The number of carbonyl (C=O) groups excluding carboxylic acids is 2. The quantitative estimate of drug-likeness (QED) is 0.657. The Morgan fingerprint density at radius 2 is 1.68 bits per heavy atom. The monoisotopic (exact) mass is 382 g/mol. The highest BCUT2D eigenvalue weighted by atomic mass is 16.2. The summed E-state index contributed by atoms with van der Waals surface area (Å²) < 4.78 is 0. The van der Waals surface area contributed by atoms with E-state index in [2.05, 4.69) is 30.5 Å². The molecule has 2 amide bonds. The van der Waals surface area contributed by atoms with Gasteiger partial charge in [-0.25, -0.2) is 0 Å². The van der Waals surface area contributed by atoms with Crippen LogP contribution < -0.4 is 15.5 Å². The van der Waals surface area contributed by atoms with Gasteiger partial charge in [-0.2, -0.15) is 0 Å². The Kier molecular flexibility index (Phi) is 7.76. The van der Waals surface area contributed by atoms with Crippen molar-refractivity contribution < 1.29 is 14.5 Å². The Morgan fingerprint density at radius 1 is 1.04 bits per heavy atom. The molecule has 0 saturated carbocycles. The number of benzene rings is 2. The number of likely N-dealkylation sites (N-methyl/N-ethyl adjacent to an activating group) is 1. The van der Waals surface area contributed by atoms with Crippen molar-refractivity contribution in [1.29, 1.82) is 0 Å².